The van der Waals surface area contributed by atoms with E-state index in [4.69, 9.17) is 0 Å². The molecule has 0 aliphatic carbocycles. The van der Waals surface area contributed by atoms with Crippen LogP contribution < -0.4 is 10.6 Å². The predicted octanol–water partition coefficient (Wildman–Crippen LogP) is -1.01. The molecule has 2 N–H and O–H groups in total. The summed E-state index contributed by atoms with van der Waals surface area (Å²) < 4.78 is 0. The highest BCUT2D eigenvalue weighted by Crippen LogP contribution is 2.06. The molecule has 2 aliphatic rings. The Morgan fingerprint density at radius 3 is 2.65 bits per heavy atom. The molecule has 2 fully saturated rings. The molecule has 0 radical (unpaired) electrons. The van der Waals surface area contributed by atoms with Crippen LogP contribution in [0, 0.1) is 5.92 Å². The summed E-state index contributed by atoms with van der Waals surface area (Å²) in [6.45, 7) is 5.70. The summed E-state index contributed by atoms with van der Waals surface area (Å²) in [6.07, 6.45) is 0. The van der Waals surface area contributed by atoms with Gasteiger partial charge < -0.3 is 15.5 Å². The first-order chi connectivity index (χ1) is 7.66. The first-order valence-electron chi connectivity index (χ1n) is 6.04. The first kappa shape index (κ1) is 14.7. The van der Waals surface area contributed by atoms with Gasteiger partial charge in [-0.1, -0.05) is 0 Å². The van der Waals surface area contributed by atoms with E-state index < -0.39 is 0 Å². The highest BCUT2D eigenvalue weighted by atomic mass is 35.5. The summed E-state index contributed by atoms with van der Waals surface area (Å²) in [4.78, 5) is 16.3. The van der Waals surface area contributed by atoms with Gasteiger partial charge in [-0.05, 0) is 14.1 Å². The Hall–Kier alpha value is -0.360. The normalized spacial score (nSPS) is 27.1. The Morgan fingerprint density at radius 1 is 1.35 bits per heavy atom. The van der Waals surface area contributed by atoms with Crippen molar-refractivity contribution in [1.29, 1.82) is 0 Å². The Kier molecular flexibility index (Phi) is 5.66. The van der Waals surface area contributed by atoms with E-state index in [9.17, 15) is 4.79 Å². The highest BCUT2D eigenvalue weighted by Gasteiger charge is 2.27. The van der Waals surface area contributed by atoms with Crippen molar-refractivity contribution in [3.05, 3.63) is 0 Å². The smallest absolute Gasteiger partial charge is 0.225 e. The van der Waals surface area contributed by atoms with E-state index in [0.717, 1.165) is 39.3 Å². The van der Waals surface area contributed by atoms with E-state index in [0.29, 0.717) is 6.04 Å². The van der Waals surface area contributed by atoms with Crippen LogP contribution in [0.4, 0.5) is 0 Å². The lowest BCUT2D eigenvalue weighted by atomic mass is 10.0. The fourth-order valence-corrected chi connectivity index (χ4v) is 2.16. The molecule has 0 spiro atoms. The standard InChI is InChI=1S/C11H22N4O.ClH/c1-14-3-4-15(2)10(8-14)7-13-11(16)9-5-12-6-9;/h9-10,12H,3-8H2,1-2H3,(H,13,16);1H. The third-order valence-corrected chi connectivity index (χ3v) is 3.64. The number of nitrogens with one attached hydrogen (secondary N) is 2. The van der Waals surface area contributed by atoms with Gasteiger partial charge in [0.15, 0.2) is 0 Å². The zero-order valence-corrected chi connectivity index (χ0v) is 11.4. The lowest BCUT2D eigenvalue weighted by Gasteiger charge is -2.38. The lowest BCUT2D eigenvalue weighted by molar-refractivity contribution is -0.126. The highest BCUT2D eigenvalue weighted by molar-refractivity contribution is 5.85. The maximum Gasteiger partial charge on any atom is 0.225 e. The van der Waals surface area contributed by atoms with Gasteiger partial charge in [-0.3, -0.25) is 9.69 Å². The van der Waals surface area contributed by atoms with Crippen molar-refractivity contribution in [1.82, 2.24) is 20.4 Å². The molecule has 1 unspecified atom stereocenters. The molecule has 5 nitrogen and oxygen atoms in total. The lowest BCUT2D eigenvalue weighted by Crippen LogP contribution is -2.57. The topological polar surface area (TPSA) is 47.6 Å². The van der Waals surface area contributed by atoms with Gasteiger partial charge in [-0.25, -0.2) is 0 Å². The van der Waals surface area contributed by atoms with Gasteiger partial charge in [0.1, 0.15) is 0 Å². The van der Waals surface area contributed by atoms with Gasteiger partial charge in [0.2, 0.25) is 5.91 Å². The Balaban J connectivity index is 0.00000144. The van der Waals surface area contributed by atoms with Crippen LogP contribution in [-0.4, -0.2) is 75.1 Å². The molecule has 0 aromatic heterocycles. The summed E-state index contributed by atoms with van der Waals surface area (Å²) in [5.74, 6) is 0.409. The van der Waals surface area contributed by atoms with Crippen LogP contribution >= 0.6 is 12.4 Å². The largest absolute Gasteiger partial charge is 0.354 e. The number of nitrogens with zero attached hydrogens (tertiary/aromatic N) is 2. The van der Waals surface area contributed by atoms with Crippen molar-refractivity contribution < 1.29 is 4.79 Å². The number of hydrogen-bond acceptors (Lipinski definition) is 4. The Labute approximate surface area is 109 Å². The summed E-state index contributed by atoms with van der Waals surface area (Å²) in [5, 5.41) is 6.17. The van der Waals surface area contributed by atoms with E-state index in [1.165, 1.54) is 0 Å². The van der Waals surface area contributed by atoms with Crippen molar-refractivity contribution in [2.45, 2.75) is 6.04 Å². The van der Waals surface area contributed by atoms with Crippen LogP contribution in [0.2, 0.25) is 0 Å². The van der Waals surface area contributed by atoms with E-state index in [1.54, 1.807) is 0 Å². The van der Waals surface area contributed by atoms with Gasteiger partial charge in [0.05, 0.1) is 5.92 Å². The third-order valence-electron chi connectivity index (χ3n) is 3.64. The maximum absolute atomic E-state index is 11.7. The summed E-state index contributed by atoms with van der Waals surface area (Å²) in [6, 6.07) is 0.454. The van der Waals surface area contributed by atoms with Crippen LogP contribution in [0.15, 0.2) is 0 Å². The minimum atomic E-state index is 0. The van der Waals surface area contributed by atoms with Gasteiger partial charge in [-0.15, -0.1) is 12.4 Å². The molecule has 2 aliphatic heterocycles. The zero-order chi connectivity index (χ0) is 11.5. The van der Waals surface area contributed by atoms with Crippen LogP contribution in [0.3, 0.4) is 0 Å². The Morgan fingerprint density at radius 2 is 2.06 bits per heavy atom. The summed E-state index contributed by atoms with van der Waals surface area (Å²) >= 11 is 0. The van der Waals surface area contributed by atoms with Crippen molar-refractivity contribution in [3.8, 4) is 0 Å². The van der Waals surface area contributed by atoms with Gasteiger partial charge in [0.25, 0.3) is 0 Å². The molecule has 2 heterocycles. The molecule has 1 atom stereocenters. The quantitative estimate of drug-likeness (QED) is 0.684. The number of carbonyl (C=O) groups is 1. The molecule has 6 heteroatoms. The van der Waals surface area contributed by atoms with Crippen LogP contribution in [0.25, 0.3) is 0 Å². The van der Waals surface area contributed by atoms with Gasteiger partial charge in [0, 0.05) is 45.3 Å². The minimum absolute atomic E-state index is 0. The monoisotopic (exact) mass is 262 g/mol. The Bertz CT molecular complexity index is 260. The van der Waals surface area contributed by atoms with Crippen molar-refractivity contribution in [2.75, 3.05) is 53.4 Å². The molecule has 100 valence electrons. The molecule has 0 aromatic rings. The second kappa shape index (κ2) is 6.54. The molecule has 1 amide bonds. The number of likely N-dealkylation sites (N-methyl/N-ethyl adjacent to an activating group) is 2. The van der Waals surface area contributed by atoms with Crippen molar-refractivity contribution in [3.63, 3.8) is 0 Å². The van der Waals surface area contributed by atoms with E-state index in [2.05, 4.69) is 34.5 Å². The summed E-state index contributed by atoms with van der Waals surface area (Å²) in [5.41, 5.74) is 0. The second-order valence-electron chi connectivity index (χ2n) is 5.00. The average Bonchev–Trinajstić information content (AvgIpc) is 2.17. The fraction of sp³-hybridized carbons (Fsp3) is 0.909. The average molecular weight is 263 g/mol. The number of rotatable bonds is 3. The molecule has 0 saturated carbocycles. The van der Waals surface area contributed by atoms with E-state index in [1.807, 2.05) is 0 Å². The fourth-order valence-electron chi connectivity index (χ4n) is 2.16. The molecule has 0 aromatic carbocycles. The van der Waals surface area contributed by atoms with Crippen LogP contribution in [0.1, 0.15) is 0 Å². The second-order valence-corrected chi connectivity index (χ2v) is 5.00. The van der Waals surface area contributed by atoms with Crippen molar-refractivity contribution >= 4 is 18.3 Å². The maximum atomic E-state index is 11.7. The predicted molar refractivity (Wildman–Crippen MR) is 70.5 cm³/mol. The van der Waals surface area contributed by atoms with Gasteiger partial charge >= 0.3 is 0 Å². The molecule has 2 saturated heterocycles. The number of piperazine rings is 1. The van der Waals surface area contributed by atoms with Gasteiger partial charge in [-0.2, -0.15) is 0 Å². The summed E-state index contributed by atoms with van der Waals surface area (Å²) in [7, 11) is 4.27. The van der Waals surface area contributed by atoms with E-state index >= 15 is 0 Å². The molecule has 17 heavy (non-hydrogen) atoms. The van der Waals surface area contributed by atoms with Crippen molar-refractivity contribution in [2.24, 2.45) is 5.92 Å². The SMILES string of the molecule is CN1CCN(C)C(CNC(=O)C2CNC2)C1.Cl. The number of hydrogen-bond donors (Lipinski definition) is 2. The zero-order valence-electron chi connectivity index (χ0n) is 10.6. The molecule has 2 rings (SSSR count). The van der Waals surface area contributed by atoms with Crippen LogP contribution in [0.5, 0.6) is 0 Å². The molecular formula is C11H23ClN4O. The third kappa shape index (κ3) is 3.81. The van der Waals surface area contributed by atoms with E-state index in [-0.39, 0.29) is 24.2 Å². The number of halogens is 1. The minimum Gasteiger partial charge on any atom is -0.354 e. The first-order valence-corrected chi connectivity index (χ1v) is 6.04. The number of carbonyl (C=O) groups excluding carboxylic acids is 1. The molecule has 0 bridgehead atoms. The number of amides is 1. The molecular weight excluding hydrogens is 240 g/mol. The van der Waals surface area contributed by atoms with Crippen LogP contribution in [-0.2, 0) is 4.79 Å².